The number of amides is 2. The molecule has 30 heavy (non-hydrogen) atoms. The van der Waals surface area contributed by atoms with Gasteiger partial charge in [-0.15, -0.1) is 0 Å². The van der Waals surface area contributed by atoms with Crippen molar-refractivity contribution < 1.29 is 18.0 Å². The Morgan fingerprint density at radius 3 is 2.20 bits per heavy atom. The molecular weight excluding hydrogens is 404 g/mol. The number of hydrogen-bond acceptors (Lipinski definition) is 5. The molecule has 160 valence electrons. The molecule has 1 saturated heterocycles. The van der Waals surface area contributed by atoms with Crippen molar-refractivity contribution in [2.45, 2.75) is 31.2 Å². The van der Waals surface area contributed by atoms with Crippen LogP contribution in [0.25, 0.3) is 0 Å². The molecule has 1 N–H and O–H groups in total. The molecule has 0 unspecified atom stereocenters. The first-order valence-electron chi connectivity index (χ1n) is 9.85. The van der Waals surface area contributed by atoms with Crippen molar-refractivity contribution in [2.24, 2.45) is 0 Å². The van der Waals surface area contributed by atoms with Crippen LogP contribution in [0, 0.1) is 0 Å². The van der Waals surface area contributed by atoms with Crippen molar-refractivity contribution in [3.05, 3.63) is 59.9 Å². The fourth-order valence-corrected chi connectivity index (χ4v) is 4.52. The Hall–Kier alpha value is -2.78. The van der Waals surface area contributed by atoms with Gasteiger partial charge in [0.25, 0.3) is 5.91 Å². The van der Waals surface area contributed by atoms with Crippen molar-refractivity contribution in [3.63, 3.8) is 0 Å². The van der Waals surface area contributed by atoms with E-state index in [0.717, 1.165) is 5.69 Å². The highest BCUT2D eigenvalue weighted by molar-refractivity contribution is 7.89. The molecule has 0 saturated carbocycles. The third-order valence-electron chi connectivity index (χ3n) is 4.78. The lowest BCUT2D eigenvalue weighted by molar-refractivity contribution is -0.132. The van der Waals surface area contributed by atoms with E-state index in [2.05, 4.69) is 9.71 Å². The van der Waals surface area contributed by atoms with E-state index >= 15 is 0 Å². The minimum absolute atomic E-state index is 0.00647. The molecule has 1 fully saturated rings. The molecule has 1 aromatic carbocycles. The van der Waals surface area contributed by atoms with Gasteiger partial charge in [0.05, 0.1) is 11.3 Å². The third-order valence-corrected chi connectivity index (χ3v) is 6.45. The van der Waals surface area contributed by atoms with E-state index in [1.165, 1.54) is 24.3 Å². The summed E-state index contributed by atoms with van der Waals surface area (Å²) < 4.78 is 26.9. The molecule has 8 nitrogen and oxygen atoms in total. The Morgan fingerprint density at radius 2 is 1.63 bits per heavy atom. The SMILES string of the molecule is CC(C)NS(=O)(=O)c1ccc(C(=O)N2CCN(C(=O)Cc3ccccn3)CC2)cc1. The third kappa shape index (κ3) is 5.43. The monoisotopic (exact) mass is 430 g/mol. The average Bonchev–Trinajstić information content (AvgIpc) is 2.73. The zero-order chi connectivity index (χ0) is 21.7. The van der Waals surface area contributed by atoms with E-state index in [9.17, 15) is 18.0 Å². The van der Waals surface area contributed by atoms with Gasteiger partial charge in [0, 0.05) is 49.7 Å². The summed E-state index contributed by atoms with van der Waals surface area (Å²) in [5, 5.41) is 0. The van der Waals surface area contributed by atoms with E-state index in [0.29, 0.717) is 31.7 Å². The summed E-state index contributed by atoms with van der Waals surface area (Å²) in [5.74, 6) is -0.180. The Morgan fingerprint density at radius 1 is 1.00 bits per heavy atom. The number of aromatic nitrogens is 1. The molecule has 0 aliphatic carbocycles. The van der Waals surface area contributed by atoms with Crippen LogP contribution in [0.2, 0.25) is 0 Å². The number of hydrogen-bond donors (Lipinski definition) is 1. The van der Waals surface area contributed by atoms with Crippen LogP contribution in [0.15, 0.2) is 53.6 Å². The Bertz CT molecular complexity index is 983. The summed E-state index contributed by atoms with van der Waals surface area (Å²) >= 11 is 0. The lowest BCUT2D eigenvalue weighted by Crippen LogP contribution is -2.51. The number of benzene rings is 1. The first-order valence-corrected chi connectivity index (χ1v) is 11.3. The largest absolute Gasteiger partial charge is 0.339 e. The maximum atomic E-state index is 12.8. The molecule has 0 atom stereocenters. The molecular formula is C21H26N4O4S. The summed E-state index contributed by atoms with van der Waals surface area (Å²) in [6.07, 6.45) is 1.91. The summed E-state index contributed by atoms with van der Waals surface area (Å²) in [6.45, 7) is 5.28. The topological polar surface area (TPSA) is 99.7 Å². The highest BCUT2D eigenvalue weighted by Crippen LogP contribution is 2.14. The van der Waals surface area contributed by atoms with E-state index in [1.54, 1.807) is 35.9 Å². The van der Waals surface area contributed by atoms with Crippen molar-refractivity contribution in [3.8, 4) is 0 Å². The second kappa shape index (κ2) is 9.36. The normalized spacial score (nSPS) is 14.8. The second-order valence-corrected chi connectivity index (χ2v) is 9.19. The molecule has 1 aromatic heterocycles. The standard InChI is InChI=1S/C21H26N4O4S/c1-16(2)23-30(28,29)19-8-6-17(7-9-19)21(27)25-13-11-24(12-14-25)20(26)15-18-5-3-4-10-22-18/h3-10,16,23H,11-15H2,1-2H3. The summed E-state index contributed by atoms with van der Waals surface area (Å²) in [6, 6.07) is 11.2. The van der Waals surface area contributed by atoms with Gasteiger partial charge >= 0.3 is 0 Å². The van der Waals surface area contributed by atoms with Crippen molar-refractivity contribution in [2.75, 3.05) is 26.2 Å². The lowest BCUT2D eigenvalue weighted by atomic mass is 10.1. The molecule has 1 aliphatic heterocycles. The maximum Gasteiger partial charge on any atom is 0.253 e. The lowest BCUT2D eigenvalue weighted by Gasteiger charge is -2.34. The molecule has 0 spiro atoms. The number of sulfonamides is 1. The molecule has 0 bridgehead atoms. The second-order valence-electron chi connectivity index (χ2n) is 7.47. The van der Waals surface area contributed by atoms with Crippen LogP contribution in [0.1, 0.15) is 29.9 Å². The van der Waals surface area contributed by atoms with Gasteiger partial charge in [-0.3, -0.25) is 14.6 Å². The average molecular weight is 431 g/mol. The Labute approximate surface area is 177 Å². The van der Waals surface area contributed by atoms with Gasteiger partial charge in [0.2, 0.25) is 15.9 Å². The van der Waals surface area contributed by atoms with E-state index in [-0.39, 0.29) is 29.2 Å². The minimum atomic E-state index is -3.59. The van der Waals surface area contributed by atoms with Crippen LogP contribution in [0.4, 0.5) is 0 Å². The van der Waals surface area contributed by atoms with E-state index in [1.807, 2.05) is 12.1 Å². The smallest absolute Gasteiger partial charge is 0.253 e. The van der Waals surface area contributed by atoms with Crippen LogP contribution in [-0.2, 0) is 21.2 Å². The predicted molar refractivity (Wildman–Crippen MR) is 112 cm³/mol. The highest BCUT2D eigenvalue weighted by atomic mass is 32.2. The maximum absolute atomic E-state index is 12.8. The van der Waals surface area contributed by atoms with Gasteiger partial charge < -0.3 is 9.80 Å². The van der Waals surface area contributed by atoms with Crippen LogP contribution in [-0.4, -0.2) is 67.2 Å². The van der Waals surface area contributed by atoms with Crippen LogP contribution >= 0.6 is 0 Å². The van der Waals surface area contributed by atoms with Gasteiger partial charge in [-0.25, -0.2) is 13.1 Å². The Kier molecular flexibility index (Phi) is 6.84. The zero-order valence-electron chi connectivity index (χ0n) is 17.1. The number of nitrogens with zero attached hydrogens (tertiary/aromatic N) is 3. The fourth-order valence-electron chi connectivity index (χ4n) is 3.27. The number of carbonyl (C=O) groups is 2. The molecule has 2 aromatic rings. The van der Waals surface area contributed by atoms with E-state index < -0.39 is 10.0 Å². The summed E-state index contributed by atoms with van der Waals surface area (Å²) in [5.41, 5.74) is 1.15. The van der Waals surface area contributed by atoms with Crippen LogP contribution in [0.5, 0.6) is 0 Å². The first kappa shape index (κ1) is 21.9. The highest BCUT2D eigenvalue weighted by Gasteiger charge is 2.25. The number of nitrogens with one attached hydrogen (secondary N) is 1. The van der Waals surface area contributed by atoms with Crippen LogP contribution < -0.4 is 4.72 Å². The van der Waals surface area contributed by atoms with Gasteiger partial charge in [-0.05, 0) is 50.2 Å². The molecule has 3 rings (SSSR count). The van der Waals surface area contributed by atoms with Gasteiger partial charge in [-0.2, -0.15) is 0 Å². The molecule has 2 heterocycles. The molecule has 9 heteroatoms. The molecule has 1 aliphatic rings. The number of piperazine rings is 1. The molecule has 0 radical (unpaired) electrons. The minimum Gasteiger partial charge on any atom is -0.339 e. The molecule has 2 amide bonds. The Balaban J connectivity index is 1.57. The number of pyridine rings is 1. The fraction of sp³-hybridized carbons (Fsp3) is 0.381. The number of carbonyl (C=O) groups excluding carboxylic acids is 2. The summed E-state index contributed by atoms with van der Waals surface area (Å²) in [7, 11) is -3.59. The quantitative estimate of drug-likeness (QED) is 0.745. The predicted octanol–water partition coefficient (Wildman–Crippen LogP) is 1.30. The van der Waals surface area contributed by atoms with Crippen molar-refractivity contribution in [1.29, 1.82) is 0 Å². The zero-order valence-corrected chi connectivity index (χ0v) is 17.9. The van der Waals surface area contributed by atoms with Crippen molar-refractivity contribution >= 4 is 21.8 Å². The van der Waals surface area contributed by atoms with Gasteiger partial charge in [0.1, 0.15) is 0 Å². The van der Waals surface area contributed by atoms with Gasteiger partial charge in [-0.1, -0.05) is 6.07 Å². The first-order chi connectivity index (χ1) is 14.3. The van der Waals surface area contributed by atoms with Crippen molar-refractivity contribution in [1.82, 2.24) is 19.5 Å². The van der Waals surface area contributed by atoms with E-state index in [4.69, 9.17) is 0 Å². The summed E-state index contributed by atoms with van der Waals surface area (Å²) in [4.78, 5) is 32.9. The van der Waals surface area contributed by atoms with Gasteiger partial charge in [0.15, 0.2) is 0 Å². The number of rotatable bonds is 6. The van der Waals surface area contributed by atoms with Crippen LogP contribution in [0.3, 0.4) is 0 Å².